The predicted molar refractivity (Wildman–Crippen MR) is 77.5 cm³/mol. The second kappa shape index (κ2) is 5.88. The predicted octanol–water partition coefficient (Wildman–Crippen LogP) is 5.55. The van der Waals surface area contributed by atoms with E-state index >= 15 is 0 Å². The van der Waals surface area contributed by atoms with E-state index in [9.17, 15) is 8.78 Å². The fourth-order valence-corrected chi connectivity index (χ4v) is 2.14. The van der Waals surface area contributed by atoms with Crippen LogP contribution in [0, 0.1) is 11.6 Å². The molecule has 0 aromatic heterocycles. The molecule has 0 aliphatic carbocycles. The zero-order valence-corrected chi connectivity index (χ0v) is 12.4. The zero-order valence-electron chi connectivity index (χ0n) is 10.1. The minimum atomic E-state index is -0.452. The van der Waals surface area contributed by atoms with Crippen molar-refractivity contribution in [3.8, 4) is 0 Å². The van der Waals surface area contributed by atoms with Crippen molar-refractivity contribution in [3.63, 3.8) is 0 Å². The molecule has 2 aromatic rings. The van der Waals surface area contributed by atoms with E-state index in [2.05, 4.69) is 21.2 Å². The third-order valence-corrected chi connectivity index (χ3v) is 3.68. The van der Waals surface area contributed by atoms with Crippen molar-refractivity contribution in [2.45, 2.75) is 13.0 Å². The van der Waals surface area contributed by atoms with Gasteiger partial charge in [-0.3, -0.25) is 0 Å². The molecule has 100 valence electrons. The molecule has 1 unspecified atom stereocenters. The van der Waals surface area contributed by atoms with Gasteiger partial charge in [-0.1, -0.05) is 17.7 Å². The van der Waals surface area contributed by atoms with E-state index in [1.54, 1.807) is 24.3 Å². The van der Waals surface area contributed by atoms with Crippen molar-refractivity contribution in [3.05, 3.63) is 63.1 Å². The van der Waals surface area contributed by atoms with Crippen LogP contribution in [-0.4, -0.2) is 0 Å². The van der Waals surface area contributed by atoms with Crippen LogP contribution in [0.5, 0.6) is 0 Å². The molecular formula is C14H11BrClF2N. The Balaban J connectivity index is 2.17. The monoisotopic (exact) mass is 345 g/mol. The highest BCUT2D eigenvalue weighted by atomic mass is 79.9. The summed E-state index contributed by atoms with van der Waals surface area (Å²) in [5.41, 5.74) is 1.48. The van der Waals surface area contributed by atoms with Gasteiger partial charge in [0.15, 0.2) is 0 Å². The van der Waals surface area contributed by atoms with Crippen LogP contribution in [0.2, 0.25) is 5.02 Å². The number of halogens is 4. The van der Waals surface area contributed by atoms with Crippen molar-refractivity contribution < 1.29 is 8.78 Å². The SMILES string of the molecule is CC(Nc1ccc(Br)c(F)c1)c1ccc(F)c(Cl)c1. The fraction of sp³-hybridized carbons (Fsp3) is 0.143. The first-order valence-electron chi connectivity index (χ1n) is 5.64. The second-order valence-electron chi connectivity index (χ2n) is 4.17. The number of hydrogen-bond acceptors (Lipinski definition) is 1. The summed E-state index contributed by atoms with van der Waals surface area (Å²) in [7, 11) is 0. The van der Waals surface area contributed by atoms with Gasteiger partial charge in [0.25, 0.3) is 0 Å². The fourth-order valence-electron chi connectivity index (χ4n) is 1.70. The average molecular weight is 347 g/mol. The second-order valence-corrected chi connectivity index (χ2v) is 5.43. The molecule has 0 saturated heterocycles. The minimum Gasteiger partial charge on any atom is -0.378 e. The van der Waals surface area contributed by atoms with Gasteiger partial charge in [0.1, 0.15) is 11.6 Å². The Morgan fingerprint density at radius 1 is 1.11 bits per heavy atom. The van der Waals surface area contributed by atoms with E-state index in [1.165, 1.54) is 12.1 Å². The van der Waals surface area contributed by atoms with Gasteiger partial charge in [0, 0.05) is 11.7 Å². The van der Waals surface area contributed by atoms with Gasteiger partial charge in [-0.2, -0.15) is 0 Å². The van der Waals surface area contributed by atoms with E-state index in [0.29, 0.717) is 10.2 Å². The molecule has 19 heavy (non-hydrogen) atoms. The van der Waals surface area contributed by atoms with Gasteiger partial charge in [0.2, 0.25) is 0 Å². The molecule has 0 fully saturated rings. The highest BCUT2D eigenvalue weighted by molar-refractivity contribution is 9.10. The number of hydrogen-bond donors (Lipinski definition) is 1. The summed E-state index contributed by atoms with van der Waals surface area (Å²) in [6.45, 7) is 1.89. The van der Waals surface area contributed by atoms with Crippen molar-refractivity contribution in [1.82, 2.24) is 0 Å². The molecule has 5 heteroatoms. The molecule has 2 aromatic carbocycles. The van der Waals surface area contributed by atoms with Crippen molar-refractivity contribution in [2.75, 3.05) is 5.32 Å². The number of nitrogens with one attached hydrogen (secondary N) is 1. The lowest BCUT2D eigenvalue weighted by Crippen LogP contribution is -2.07. The van der Waals surface area contributed by atoms with Gasteiger partial charge in [-0.15, -0.1) is 0 Å². The quantitative estimate of drug-likeness (QED) is 0.768. The lowest BCUT2D eigenvalue weighted by atomic mass is 10.1. The molecule has 0 radical (unpaired) electrons. The molecule has 0 aliphatic rings. The van der Waals surface area contributed by atoms with Crippen LogP contribution in [-0.2, 0) is 0 Å². The molecule has 1 nitrogen and oxygen atoms in total. The topological polar surface area (TPSA) is 12.0 Å². The summed E-state index contributed by atoms with van der Waals surface area (Å²) in [6.07, 6.45) is 0. The average Bonchev–Trinajstić information content (AvgIpc) is 2.37. The third-order valence-electron chi connectivity index (χ3n) is 2.75. The zero-order chi connectivity index (χ0) is 14.0. The van der Waals surface area contributed by atoms with Crippen molar-refractivity contribution >= 4 is 33.2 Å². The van der Waals surface area contributed by atoms with Gasteiger partial charge >= 0.3 is 0 Å². The molecule has 2 rings (SSSR count). The summed E-state index contributed by atoms with van der Waals surface area (Å²) < 4.78 is 26.9. The molecule has 0 amide bonds. The first kappa shape index (κ1) is 14.3. The van der Waals surface area contributed by atoms with Crippen LogP contribution in [0.15, 0.2) is 40.9 Å². The largest absolute Gasteiger partial charge is 0.378 e. The normalized spacial score (nSPS) is 12.3. The Labute approximate surface area is 123 Å². The first-order valence-corrected chi connectivity index (χ1v) is 6.81. The lowest BCUT2D eigenvalue weighted by molar-refractivity contribution is 0.621. The van der Waals surface area contributed by atoms with E-state index in [4.69, 9.17) is 11.6 Å². The summed E-state index contributed by atoms with van der Waals surface area (Å²) in [6, 6.07) is 9.19. The van der Waals surface area contributed by atoms with Crippen LogP contribution < -0.4 is 5.32 Å². The minimum absolute atomic E-state index is 0.0770. The van der Waals surface area contributed by atoms with E-state index in [1.807, 2.05) is 6.92 Å². The Kier molecular flexibility index (Phi) is 4.42. The Morgan fingerprint density at radius 3 is 2.47 bits per heavy atom. The molecule has 0 heterocycles. The van der Waals surface area contributed by atoms with Gasteiger partial charge < -0.3 is 5.32 Å². The number of anilines is 1. The third kappa shape index (κ3) is 3.45. The maximum atomic E-state index is 13.4. The molecule has 0 aliphatic heterocycles. The molecular weight excluding hydrogens is 336 g/mol. The highest BCUT2D eigenvalue weighted by Gasteiger charge is 2.09. The number of rotatable bonds is 3. The summed E-state index contributed by atoms with van der Waals surface area (Å²) in [5, 5.41) is 3.21. The first-order chi connectivity index (χ1) is 8.97. The smallest absolute Gasteiger partial charge is 0.141 e. The van der Waals surface area contributed by atoms with Gasteiger partial charge in [0.05, 0.1) is 9.50 Å². The summed E-state index contributed by atoms with van der Waals surface area (Å²) in [4.78, 5) is 0. The maximum Gasteiger partial charge on any atom is 0.141 e. The van der Waals surface area contributed by atoms with E-state index in [-0.39, 0.29) is 16.9 Å². The number of benzene rings is 2. The van der Waals surface area contributed by atoms with Crippen LogP contribution in [0.3, 0.4) is 0 Å². The molecule has 0 saturated carbocycles. The van der Waals surface area contributed by atoms with Crippen LogP contribution in [0.4, 0.5) is 14.5 Å². The lowest BCUT2D eigenvalue weighted by Gasteiger charge is -2.16. The molecule has 0 spiro atoms. The highest BCUT2D eigenvalue weighted by Crippen LogP contribution is 2.25. The summed E-state index contributed by atoms with van der Waals surface area (Å²) >= 11 is 8.83. The van der Waals surface area contributed by atoms with Crippen molar-refractivity contribution in [2.24, 2.45) is 0 Å². The molecule has 0 bridgehead atoms. The molecule has 1 atom stereocenters. The standard InChI is InChI=1S/C14H11BrClF2N/c1-8(9-2-5-13(17)12(16)6-9)19-10-3-4-11(15)14(18)7-10/h2-8,19H,1H3. The summed E-state index contributed by atoms with van der Waals surface area (Å²) in [5.74, 6) is -0.790. The Hall–Kier alpha value is -1.13. The van der Waals surface area contributed by atoms with Crippen LogP contribution in [0.1, 0.15) is 18.5 Å². The van der Waals surface area contributed by atoms with E-state index < -0.39 is 5.82 Å². The van der Waals surface area contributed by atoms with Gasteiger partial charge in [-0.05, 0) is 58.7 Å². The van der Waals surface area contributed by atoms with Crippen LogP contribution in [0.25, 0.3) is 0 Å². The van der Waals surface area contributed by atoms with E-state index in [0.717, 1.165) is 5.56 Å². The van der Waals surface area contributed by atoms with Crippen molar-refractivity contribution in [1.29, 1.82) is 0 Å². The maximum absolute atomic E-state index is 13.4. The Bertz CT molecular complexity index is 604. The Morgan fingerprint density at radius 2 is 1.84 bits per heavy atom. The molecule has 1 N–H and O–H groups in total. The van der Waals surface area contributed by atoms with Gasteiger partial charge in [-0.25, -0.2) is 8.78 Å². The van der Waals surface area contributed by atoms with Crippen LogP contribution >= 0.6 is 27.5 Å².